The van der Waals surface area contributed by atoms with Gasteiger partial charge in [0.15, 0.2) is 0 Å². The van der Waals surface area contributed by atoms with Gasteiger partial charge in [-0.05, 0) is 18.6 Å². The van der Waals surface area contributed by atoms with Crippen LogP contribution in [0.5, 0.6) is 0 Å². The van der Waals surface area contributed by atoms with Gasteiger partial charge in [0.1, 0.15) is 0 Å². The van der Waals surface area contributed by atoms with Gasteiger partial charge < -0.3 is 0 Å². The molecule has 3 aromatic rings. The normalized spacial score (nSPS) is 10.5. The average Bonchev–Trinajstić information content (AvgIpc) is 2.90. The lowest BCUT2D eigenvalue weighted by Crippen LogP contribution is -1.78. The second-order valence-electron chi connectivity index (χ2n) is 4.40. The van der Waals surface area contributed by atoms with Crippen LogP contribution >= 0.6 is 0 Å². The van der Waals surface area contributed by atoms with Crippen LogP contribution in [-0.2, 0) is 0 Å². The molecule has 1 aromatic heterocycles. The second-order valence-corrected chi connectivity index (χ2v) is 4.40. The zero-order valence-corrected chi connectivity index (χ0v) is 10.2. The minimum Gasteiger partial charge on any atom is -0.277 e. The molecular weight excluding hydrogens is 220 g/mol. The molecule has 2 aromatic carbocycles. The molecule has 0 aliphatic rings. The fraction of sp³-hybridized carbons (Fsp3) is 0.0625. The number of rotatable bonds is 2. The highest BCUT2D eigenvalue weighted by molar-refractivity contribution is 5.68. The summed E-state index contributed by atoms with van der Waals surface area (Å²) in [5.74, 6) is 0. The molecule has 0 bridgehead atoms. The van der Waals surface area contributed by atoms with E-state index in [4.69, 9.17) is 0 Å². The van der Waals surface area contributed by atoms with Gasteiger partial charge in [-0.2, -0.15) is 5.10 Å². The van der Waals surface area contributed by atoms with E-state index >= 15 is 0 Å². The Hall–Kier alpha value is -2.35. The molecule has 0 saturated heterocycles. The van der Waals surface area contributed by atoms with Crippen molar-refractivity contribution in [1.29, 1.82) is 0 Å². The summed E-state index contributed by atoms with van der Waals surface area (Å²) in [6.07, 6.45) is 0. The van der Waals surface area contributed by atoms with Gasteiger partial charge in [-0.15, -0.1) is 0 Å². The van der Waals surface area contributed by atoms with E-state index in [1.807, 2.05) is 18.2 Å². The highest BCUT2D eigenvalue weighted by Crippen LogP contribution is 2.23. The maximum absolute atomic E-state index is 4.36. The molecule has 0 atom stereocenters. The van der Waals surface area contributed by atoms with E-state index < -0.39 is 0 Å². The van der Waals surface area contributed by atoms with Crippen LogP contribution in [0.3, 0.4) is 0 Å². The van der Waals surface area contributed by atoms with Crippen molar-refractivity contribution in [2.24, 2.45) is 0 Å². The Balaban J connectivity index is 1.97. The van der Waals surface area contributed by atoms with Gasteiger partial charge >= 0.3 is 0 Å². The smallest absolute Gasteiger partial charge is 0.0927 e. The maximum Gasteiger partial charge on any atom is 0.0927 e. The predicted molar refractivity (Wildman–Crippen MR) is 74.2 cm³/mol. The van der Waals surface area contributed by atoms with E-state index in [-0.39, 0.29) is 0 Å². The molecule has 0 aliphatic carbocycles. The number of aromatic nitrogens is 2. The van der Waals surface area contributed by atoms with Crippen molar-refractivity contribution in [1.82, 2.24) is 10.2 Å². The number of H-pyrrole nitrogens is 1. The number of aromatic amines is 1. The Morgan fingerprint density at radius 1 is 0.833 bits per heavy atom. The third-order valence-corrected chi connectivity index (χ3v) is 3.01. The number of nitrogens with zero attached hydrogens (tertiary/aromatic N) is 1. The van der Waals surface area contributed by atoms with E-state index in [9.17, 15) is 0 Å². The van der Waals surface area contributed by atoms with Gasteiger partial charge in [-0.25, -0.2) is 0 Å². The first-order chi connectivity index (χ1) is 8.83. The summed E-state index contributed by atoms with van der Waals surface area (Å²) in [7, 11) is 0. The minimum absolute atomic E-state index is 0.978. The number of hydrogen-bond donors (Lipinski definition) is 1. The summed E-state index contributed by atoms with van der Waals surface area (Å²) < 4.78 is 0. The molecule has 0 aliphatic heterocycles. The standard InChI is InChI=1S/C16H14N2/c1-12-7-9-14(10-8-12)16-11-15(17-18-16)13-5-3-2-4-6-13/h2-11H,1H3,(H,17,18). The summed E-state index contributed by atoms with van der Waals surface area (Å²) in [6, 6.07) is 20.7. The molecule has 18 heavy (non-hydrogen) atoms. The highest BCUT2D eigenvalue weighted by Gasteiger charge is 2.04. The molecule has 88 valence electrons. The van der Waals surface area contributed by atoms with Gasteiger partial charge in [0.2, 0.25) is 0 Å². The third kappa shape index (κ3) is 2.05. The number of nitrogens with one attached hydrogen (secondary N) is 1. The predicted octanol–water partition coefficient (Wildman–Crippen LogP) is 4.05. The largest absolute Gasteiger partial charge is 0.277 e. The van der Waals surface area contributed by atoms with E-state index in [1.165, 1.54) is 5.56 Å². The van der Waals surface area contributed by atoms with Gasteiger partial charge in [0.05, 0.1) is 11.4 Å². The fourth-order valence-electron chi connectivity index (χ4n) is 1.96. The van der Waals surface area contributed by atoms with Crippen LogP contribution < -0.4 is 0 Å². The molecular formula is C16H14N2. The lowest BCUT2D eigenvalue weighted by atomic mass is 10.1. The van der Waals surface area contributed by atoms with Crippen molar-refractivity contribution in [3.05, 3.63) is 66.2 Å². The highest BCUT2D eigenvalue weighted by atomic mass is 15.1. The monoisotopic (exact) mass is 234 g/mol. The van der Waals surface area contributed by atoms with Gasteiger partial charge in [0.25, 0.3) is 0 Å². The summed E-state index contributed by atoms with van der Waals surface area (Å²) >= 11 is 0. The number of benzene rings is 2. The Morgan fingerprint density at radius 2 is 1.56 bits per heavy atom. The Bertz CT molecular complexity index is 636. The summed E-state index contributed by atoms with van der Waals surface area (Å²) in [4.78, 5) is 0. The van der Waals surface area contributed by atoms with Crippen LogP contribution in [0.15, 0.2) is 60.7 Å². The average molecular weight is 234 g/mol. The minimum atomic E-state index is 0.978. The molecule has 1 N–H and O–H groups in total. The van der Waals surface area contributed by atoms with Crippen LogP contribution in [0, 0.1) is 6.92 Å². The van der Waals surface area contributed by atoms with E-state index in [1.54, 1.807) is 0 Å². The van der Waals surface area contributed by atoms with Crippen LogP contribution in [-0.4, -0.2) is 10.2 Å². The third-order valence-electron chi connectivity index (χ3n) is 3.01. The van der Waals surface area contributed by atoms with Crippen molar-refractivity contribution in [3.8, 4) is 22.5 Å². The molecule has 0 saturated carbocycles. The molecule has 0 radical (unpaired) electrons. The molecule has 1 heterocycles. The van der Waals surface area contributed by atoms with Crippen molar-refractivity contribution < 1.29 is 0 Å². The number of hydrogen-bond acceptors (Lipinski definition) is 1. The SMILES string of the molecule is Cc1ccc(-c2cc(-c3ccccc3)n[nH]2)cc1. The quantitative estimate of drug-likeness (QED) is 0.712. The Kier molecular flexibility index (Phi) is 2.69. The molecule has 0 amide bonds. The van der Waals surface area contributed by atoms with Crippen LogP contribution in [0.4, 0.5) is 0 Å². The van der Waals surface area contributed by atoms with Crippen molar-refractivity contribution >= 4 is 0 Å². The first kappa shape index (κ1) is 10.8. The molecule has 3 rings (SSSR count). The zero-order chi connectivity index (χ0) is 12.4. The first-order valence-electron chi connectivity index (χ1n) is 6.01. The van der Waals surface area contributed by atoms with Crippen molar-refractivity contribution in [2.75, 3.05) is 0 Å². The molecule has 2 heteroatoms. The van der Waals surface area contributed by atoms with E-state index in [2.05, 4.69) is 59.6 Å². The summed E-state index contributed by atoms with van der Waals surface area (Å²) in [5.41, 5.74) is 5.59. The molecule has 0 fully saturated rings. The first-order valence-corrected chi connectivity index (χ1v) is 6.01. The fourth-order valence-corrected chi connectivity index (χ4v) is 1.96. The van der Waals surface area contributed by atoms with Gasteiger partial charge in [-0.3, -0.25) is 5.10 Å². The van der Waals surface area contributed by atoms with Crippen LogP contribution in [0.2, 0.25) is 0 Å². The van der Waals surface area contributed by atoms with Crippen LogP contribution in [0.1, 0.15) is 5.56 Å². The van der Waals surface area contributed by atoms with Crippen molar-refractivity contribution in [2.45, 2.75) is 6.92 Å². The lowest BCUT2D eigenvalue weighted by Gasteiger charge is -1.97. The summed E-state index contributed by atoms with van der Waals surface area (Å²) in [5, 5.41) is 7.45. The lowest BCUT2D eigenvalue weighted by molar-refractivity contribution is 1.10. The molecule has 0 spiro atoms. The molecule has 2 nitrogen and oxygen atoms in total. The zero-order valence-electron chi connectivity index (χ0n) is 10.2. The Morgan fingerprint density at radius 3 is 2.28 bits per heavy atom. The Labute approximate surface area is 106 Å². The van der Waals surface area contributed by atoms with E-state index in [0.29, 0.717) is 0 Å². The second kappa shape index (κ2) is 4.49. The van der Waals surface area contributed by atoms with Gasteiger partial charge in [0, 0.05) is 5.56 Å². The van der Waals surface area contributed by atoms with Gasteiger partial charge in [-0.1, -0.05) is 60.2 Å². The molecule has 0 unspecified atom stereocenters. The van der Waals surface area contributed by atoms with E-state index in [0.717, 1.165) is 22.5 Å². The summed E-state index contributed by atoms with van der Waals surface area (Å²) in [6.45, 7) is 2.09. The van der Waals surface area contributed by atoms with Crippen LogP contribution in [0.25, 0.3) is 22.5 Å². The number of aryl methyl sites for hydroxylation is 1. The maximum atomic E-state index is 4.36. The van der Waals surface area contributed by atoms with Crippen molar-refractivity contribution in [3.63, 3.8) is 0 Å². The topological polar surface area (TPSA) is 28.7 Å².